The van der Waals surface area contributed by atoms with Gasteiger partial charge in [-0.1, -0.05) is 19.9 Å². The molecule has 2 aromatic carbocycles. The fourth-order valence-corrected chi connectivity index (χ4v) is 4.14. The summed E-state index contributed by atoms with van der Waals surface area (Å²) in [6, 6.07) is 13.2. The van der Waals surface area contributed by atoms with E-state index in [1.165, 1.54) is 36.4 Å². The van der Waals surface area contributed by atoms with Crippen molar-refractivity contribution >= 4 is 27.5 Å². The molecular weight excluding hydrogens is 463 g/mol. The molecule has 0 saturated heterocycles. The molecule has 0 spiro atoms. The quantitative estimate of drug-likeness (QED) is 0.398. The molecule has 0 atom stereocenters. The van der Waals surface area contributed by atoms with Crippen LogP contribution in [0.3, 0.4) is 0 Å². The standard InChI is InChI=1S/C23H25FN4O5S/c1-3-28(4-2)15-19-12-13-21(33-19)23(30)26-25-22(29)16-6-5-7-20(14-16)34(31,32)27-18-10-8-17(24)9-11-18/h5-14,27H,3-4,15H2,1-2H3,(H,25,29)(H,26,30). The van der Waals surface area contributed by atoms with Crippen LogP contribution in [0.2, 0.25) is 0 Å². The van der Waals surface area contributed by atoms with Crippen molar-refractivity contribution in [3.8, 4) is 0 Å². The number of nitrogens with zero attached hydrogens (tertiary/aromatic N) is 1. The second-order valence-corrected chi connectivity index (χ2v) is 8.96. The first-order chi connectivity index (χ1) is 16.2. The number of nitrogens with one attached hydrogen (secondary N) is 3. The van der Waals surface area contributed by atoms with Gasteiger partial charge >= 0.3 is 5.91 Å². The Balaban J connectivity index is 1.62. The van der Waals surface area contributed by atoms with Gasteiger partial charge in [-0.25, -0.2) is 12.8 Å². The van der Waals surface area contributed by atoms with Crippen LogP contribution in [0.15, 0.2) is 70.0 Å². The Morgan fingerprint density at radius 2 is 1.62 bits per heavy atom. The average Bonchev–Trinajstić information content (AvgIpc) is 3.31. The highest BCUT2D eigenvalue weighted by atomic mass is 32.2. The molecule has 1 heterocycles. The molecule has 0 saturated carbocycles. The van der Waals surface area contributed by atoms with E-state index in [1.807, 2.05) is 13.8 Å². The highest BCUT2D eigenvalue weighted by Gasteiger charge is 2.18. The summed E-state index contributed by atoms with van der Waals surface area (Å²) in [6.45, 7) is 6.27. The average molecular weight is 489 g/mol. The number of hydrogen-bond acceptors (Lipinski definition) is 6. The van der Waals surface area contributed by atoms with Crippen molar-refractivity contribution in [2.24, 2.45) is 0 Å². The lowest BCUT2D eigenvalue weighted by molar-refractivity contribution is 0.0828. The Labute approximate surface area is 197 Å². The van der Waals surface area contributed by atoms with E-state index in [1.54, 1.807) is 6.07 Å². The van der Waals surface area contributed by atoms with E-state index in [4.69, 9.17) is 4.42 Å². The minimum Gasteiger partial charge on any atom is -0.454 e. The van der Waals surface area contributed by atoms with Crippen LogP contribution in [0.5, 0.6) is 0 Å². The van der Waals surface area contributed by atoms with Gasteiger partial charge in [-0.05, 0) is 67.7 Å². The molecule has 9 nitrogen and oxygen atoms in total. The lowest BCUT2D eigenvalue weighted by Crippen LogP contribution is -2.41. The van der Waals surface area contributed by atoms with Gasteiger partial charge in [0.05, 0.1) is 11.4 Å². The van der Waals surface area contributed by atoms with E-state index in [0.717, 1.165) is 31.3 Å². The zero-order valence-electron chi connectivity index (χ0n) is 18.7. The Morgan fingerprint density at radius 1 is 0.941 bits per heavy atom. The van der Waals surface area contributed by atoms with Gasteiger partial charge in [0.2, 0.25) is 0 Å². The smallest absolute Gasteiger partial charge is 0.305 e. The number of hydrazine groups is 1. The van der Waals surface area contributed by atoms with E-state index in [9.17, 15) is 22.4 Å². The topological polar surface area (TPSA) is 121 Å². The Kier molecular flexibility index (Phi) is 8.03. The molecule has 0 aliphatic rings. The number of benzene rings is 2. The van der Waals surface area contributed by atoms with Crippen LogP contribution < -0.4 is 15.6 Å². The molecule has 0 radical (unpaired) electrons. The molecule has 0 fully saturated rings. The van der Waals surface area contributed by atoms with E-state index >= 15 is 0 Å². The monoisotopic (exact) mass is 488 g/mol. The number of halogens is 1. The van der Waals surface area contributed by atoms with Crippen molar-refractivity contribution in [2.75, 3.05) is 17.8 Å². The molecule has 0 aliphatic heterocycles. The Bertz CT molecular complexity index is 1250. The molecule has 0 aliphatic carbocycles. The van der Waals surface area contributed by atoms with Crippen LogP contribution >= 0.6 is 0 Å². The van der Waals surface area contributed by atoms with Crippen molar-refractivity contribution in [3.05, 3.63) is 83.6 Å². The summed E-state index contributed by atoms with van der Waals surface area (Å²) < 4.78 is 46.1. The van der Waals surface area contributed by atoms with E-state index in [0.29, 0.717) is 12.3 Å². The lowest BCUT2D eigenvalue weighted by Gasteiger charge is -2.15. The van der Waals surface area contributed by atoms with Crippen LogP contribution in [0, 0.1) is 5.82 Å². The van der Waals surface area contributed by atoms with E-state index < -0.39 is 27.7 Å². The predicted octanol–water partition coefficient (Wildman–Crippen LogP) is 3.14. The maximum Gasteiger partial charge on any atom is 0.305 e. The first kappa shape index (κ1) is 24.9. The third-order valence-electron chi connectivity index (χ3n) is 4.95. The minimum atomic E-state index is -4.03. The summed E-state index contributed by atoms with van der Waals surface area (Å²) in [5.74, 6) is -1.23. The van der Waals surface area contributed by atoms with Crippen molar-refractivity contribution < 1.29 is 26.8 Å². The molecule has 0 bridgehead atoms. The van der Waals surface area contributed by atoms with Crippen LogP contribution in [-0.2, 0) is 16.6 Å². The molecule has 2 amide bonds. The van der Waals surface area contributed by atoms with Crippen molar-refractivity contribution in [2.45, 2.75) is 25.3 Å². The number of carbonyl (C=O) groups is 2. The van der Waals surface area contributed by atoms with Gasteiger partial charge < -0.3 is 4.42 Å². The minimum absolute atomic E-state index is 0.00366. The lowest BCUT2D eigenvalue weighted by atomic mass is 10.2. The number of amides is 2. The molecule has 3 N–H and O–H groups in total. The van der Waals surface area contributed by atoms with Gasteiger partial charge in [-0.15, -0.1) is 0 Å². The van der Waals surface area contributed by atoms with Gasteiger partial charge in [0.15, 0.2) is 5.76 Å². The first-order valence-electron chi connectivity index (χ1n) is 10.5. The highest BCUT2D eigenvalue weighted by molar-refractivity contribution is 7.92. The number of hydrogen-bond donors (Lipinski definition) is 3. The molecule has 3 aromatic rings. The summed E-state index contributed by atoms with van der Waals surface area (Å²) in [5, 5.41) is 0. The molecule has 0 unspecified atom stereocenters. The second-order valence-electron chi connectivity index (χ2n) is 7.28. The number of sulfonamides is 1. The number of rotatable bonds is 9. The molecule has 34 heavy (non-hydrogen) atoms. The molecule has 3 rings (SSSR count). The zero-order valence-corrected chi connectivity index (χ0v) is 19.5. The van der Waals surface area contributed by atoms with Crippen LogP contribution in [-0.4, -0.2) is 38.2 Å². The normalized spacial score (nSPS) is 11.3. The summed E-state index contributed by atoms with van der Waals surface area (Å²) in [5.41, 5.74) is 4.66. The predicted molar refractivity (Wildman–Crippen MR) is 124 cm³/mol. The number of anilines is 1. The Morgan fingerprint density at radius 3 is 2.29 bits per heavy atom. The molecule has 1 aromatic heterocycles. The van der Waals surface area contributed by atoms with Crippen LogP contribution in [0.4, 0.5) is 10.1 Å². The number of furan rings is 1. The van der Waals surface area contributed by atoms with Crippen LogP contribution in [0.25, 0.3) is 0 Å². The SMILES string of the molecule is CCN(CC)Cc1ccc(C(=O)NNC(=O)c2cccc(S(=O)(=O)Nc3ccc(F)cc3)c2)o1. The summed E-state index contributed by atoms with van der Waals surface area (Å²) in [7, 11) is -4.03. The van der Waals surface area contributed by atoms with E-state index in [-0.39, 0.29) is 21.9 Å². The summed E-state index contributed by atoms with van der Waals surface area (Å²) >= 11 is 0. The van der Waals surface area contributed by atoms with E-state index in [2.05, 4.69) is 20.5 Å². The largest absolute Gasteiger partial charge is 0.454 e. The van der Waals surface area contributed by atoms with Gasteiger partial charge in [-0.3, -0.25) is 30.1 Å². The van der Waals surface area contributed by atoms with Crippen molar-refractivity contribution in [1.82, 2.24) is 15.8 Å². The third kappa shape index (κ3) is 6.42. The van der Waals surface area contributed by atoms with Crippen molar-refractivity contribution in [3.63, 3.8) is 0 Å². The number of carbonyl (C=O) groups excluding carboxylic acids is 2. The van der Waals surface area contributed by atoms with Gasteiger partial charge in [0, 0.05) is 11.3 Å². The van der Waals surface area contributed by atoms with Gasteiger partial charge in [0.1, 0.15) is 11.6 Å². The van der Waals surface area contributed by atoms with Crippen LogP contribution in [0.1, 0.15) is 40.5 Å². The summed E-state index contributed by atoms with van der Waals surface area (Å²) in [6.07, 6.45) is 0. The second kappa shape index (κ2) is 10.9. The maximum atomic E-state index is 13.0. The molecule has 11 heteroatoms. The third-order valence-corrected chi connectivity index (χ3v) is 6.33. The Hall–Kier alpha value is -3.70. The maximum absolute atomic E-state index is 13.0. The first-order valence-corrected chi connectivity index (χ1v) is 12.0. The van der Waals surface area contributed by atoms with Crippen molar-refractivity contribution in [1.29, 1.82) is 0 Å². The molecular formula is C23H25FN4O5S. The van der Waals surface area contributed by atoms with Gasteiger partial charge in [0.25, 0.3) is 15.9 Å². The highest BCUT2D eigenvalue weighted by Crippen LogP contribution is 2.18. The van der Waals surface area contributed by atoms with Gasteiger partial charge in [-0.2, -0.15) is 0 Å². The fraction of sp³-hybridized carbons (Fsp3) is 0.217. The zero-order chi connectivity index (χ0) is 24.7. The summed E-state index contributed by atoms with van der Waals surface area (Å²) in [4.78, 5) is 26.7. The fourth-order valence-electron chi connectivity index (χ4n) is 3.04. The molecule has 180 valence electrons.